The van der Waals surface area contributed by atoms with E-state index in [4.69, 9.17) is 4.79 Å². The molecule has 0 spiro atoms. The molecule has 0 heterocycles. The summed E-state index contributed by atoms with van der Waals surface area (Å²) in [5.41, 5.74) is 4.34. The van der Waals surface area contributed by atoms with Crippen LogP contribution in [0.2, 0.25) is 0 Å². The van der Waals surface area contributed by atoms with Gasteiger partial charge in [0.1, 0.15) is 0 Å². The molecule has 6 heteroatoms. The van der Waals surface area contributed by atoms with E-state index in [1.54, 1.807) is 0 Å². The quantitative estimate of drug-likeness (QED) is 0.462. The highest BCUT2D eigenvalue weighted by molar-refractivity contribution is 7.96. The molecule has 3 N–H and O–H groups in total. The lowest BCUT2D eigenvalue weighted by molar-refractivity contribution is 0.261. The molecule has 0 bridgehead atoms. The summed E-state index contributed by atoms with van der Waals surface area (Å²) in [7, 11) is 0. The molecule has 0 saturated carbocycles. The third-order valence-corrected chi connectivity index (χ3v) is 0.965. The van der Waals surface area contributed by atoms with E-state index in [0.717, 1.165) is 19.4 Å². The molecule has 0 aromatic rings. The van der Waals surface area contributed by atoms with E-state index in [-0.39, 0.29) is 5.24 Å². The van der Waals surface area contributed by atoms with E-state index < -0.39 is 5.24 Å². The molecule has 0 aliphatic rings. The van der Waals surface area contributed by atoms with Crippen molar-refractivity contribution in [2.24, 2.45) is 5.73 Å². The largest absolute Gasteiger partial charge is 0.361 e. The molecule has 0 aliphatic heterocycles. The van der Waals surface area contributed by atoms with Crippen LogP contribution in [0.5, 0.6) is 0 Å². The molecule has 4 nitrogen and oxygen atoms in total. The topological polar surface area (TPSA) is 72.2 Å². The third kappa shape index (κ3) is 85.8. The predicted octanol–water partition coefficient (Wildman–Crippen LogP) is 2.84. The van der Waals surface area contributed by atoms with Crippen LogP contribution in [-0.2, 0) is 0 Å². The Balaban J connectivity index is -0.000000173. The maximum atomic E-state index is 10.1. The Kier molecular flexibility index (Phi) is 25.8. The zero-order valence-electron chi connectivity index (χ0n) is 9.62. The summed E-state index contributed by atoms with van der Waals surface area (Å²) < 4.78 is 0. The van der Waals surface area contributed by atoms with E-state index >= 15 is 0 Å². The van der Waals surface area contributed by atoms with Gasteiger partial charge in [0.05, 0.1) is 0 Å². The summed E-state index contributed by atoms with van der Waals surface area (Å²) in [5, 5.41) is 1.70. The Morgan fingerprint density at radius 1 is 1.20 bits per heavy atom. The zero-order valence-corrected chi connectivity index (χ0v) is 11.4. The molecule has 0 aromatic heterocycles. The van der Waals surface area contributed by atoms with Crippen LogP contribution in [0, 0.1) is 0 Å². The zero-order chi connectivity index (χ0) is 12.7. The number of hydrogen-bond donors (Lipinski definition) is 4. The molecule has 0 unspecified atom stereocenters. The van der Waals surface area contributed by atoms with Crippen molar-refractivity contribution in [2.75, 3.05) is 6.54 Å². The smallest absolute Gasteiger partial charge is 0.275 e. The van der Waals surface area contributed by atoms with Gasteiger partial charge in [-0.15, -0.1) is 0 Å². The summed E-state index contributed by atoms with van der Waals surface area (Å²) in [6.45, 7) is 7.07. The van der Waals surface area contributed by atoms with Gasteiger partial charge in [0.15, 0.2) is 0 Å². The van der Waals surface area contributed by atoms with Gasteiger partial charge < -0.3 is 11.1 Å². The number of nitrogens with one attached hydrogen (secondary N) is 1. The van der Waals surface area contributed by atoms with Gasteiger partial charge in [-0.1, -0.05) is 58.9 Å². The number of carbonyl (C=O) groups is 2. The molecule has 0 saturated heterocycles. The lowest BCUT2D eigenvalue weighted by atomic mass is 10.3. The maximum absolute atomic E-state index is 10.1. The van der Waals surface area contributed by atoms with Gasteiger partial charge in [-0.25, -0.2) is 0 Å². The van der Waals surface area contributed by atoms with E-state index in [1.165, 1.54) is 6.42 Å². The molecule has 0 aromatic carbocycles. The molecule has 0 rings (SSSR count). The Bertz CT molecular complexity index is 151. The first kappa shape index (κ1) is 20.1. The van der Waals surface area contributed by atoms with Crippen molar-refractivity contribution in [1.82, 2.24) is 5.32 Å². The third-order valence-electron chi connectivity index (χ3n) is 0.807. The number of nitrogens with two attached hydrogens (primary N) is 1. The Morgan fingerprint density at radius 3 is 1.73 bits per heavy atom. The molecule has 15 heavy (non-hydrogen) atoms. The van der Waals surface area contributed by atoms with E-state index in [1.807, 2.05) is 0 Å². The molecular formula is C9H22N2O2S2. The second-order valence-corrected chi connectivity index (χ2v) is 3.48. The predicted molar refractivity (Wildman–Crippen MR) is 71.8 cm³/mol. The lowest BCUT2D eigenvalue weighted by Crippen LogP contribution is -2.17. The molecule has 0 radical (unpaired) electrons. The maximum Gasteiger partial charge on any atom is 0.275 e. The van der Waals surface area contributed by atoms with Crippen molar-refractivity contribution in [3.63, 3.8) is 0 Å². The number of rotatable bonds is 3. The van der Waals surface area contributed by atoms with Crippen molar-refractivity contribution in [3.05, 3.63) is 0 Å². The average Bonchev–Trinajstić information content (AvgIpc) is 2.04. The number of hydrogen-bond acceptors (Lipinski definition) is 2. The van der Waals surface area contributed by atoms with Crippen LogP contribution in [0.15, 0.2) is 0 Å². The van der Waals surface area contributed by atoms with Crippen LogP contribution < -0.4 is 11.1 Å². The van der Waals surface area contributed by atoms with Crippen LogP contribution in [0.3, 0.4) is 0 Å². The van der Waals surface area contributed by atoms with Crippen LogP contribution >= 0.6 is 25.3 Å². The van der Waals surface area contributed by atoms with E-state index in [2.05, 4.69) is 57.1 Å². The molecular weight excluding hydrogens is 232 g/mol. The fourth-order valence-corrected chi connectivity index (χ4v) is 0.484. The first-order chi connectivity index (χ1) is 6.92. The van der Waals surface area contributed by atoms with E-state index in [0.29, 0.717) is 0 Å². The van der Waals surface area contributed by atoms with Gasteiger partial charge in [0.25, 0.3) is 10.5 Å². The fourth-order valence-electron chi connectivity index (χ4n) is 0.372. The molecule has 92 valence electrons. The van der Waals surface area contributed by atoms with Crippen molar-refractivity contribution < 1.29 is 9.59 Å². The Hall–Kier alpha value is -0.360. The lowest BCUT2D eigenvalue weighted by Gasteiger charge is -1.95. The highest BCUT2D eigenvalue weighted by Crippen LogP contribution is 1.83. The second kappa shape index (κ2) is 19.2. The minimum absolute atomic E-state index is 0.238. The van der Waals surface area contributed by atoms with Crippen molar-refractivity contribution in [2.45, 2.75) is 40.0 Å². The van der Waals surface area contributed by atoms with Crippen LogP contribution in [0.1, 0.15) is 40.0 Å². The number of unbranched alkanes of at least 4 members (excludes halogenated alkanes) is 1. The Labute approximate surface area is 103 Å². The average molecular weight is 254 g/mol. The number of thiol groups is 2. The highest BCUT2D eigenvalue weighted by Gasteiger charge is 1.86. The minimum Gasteiger partial charge on any atom is -0.361 e. The fraction of sp³-hybridized carbons (Fsp3) is 0.778. The second-order valence-electron chi connectivity index (χ2n) is 2.63. The van der Waals surface area contributed by atoms with Crippen molar-refractivity contribution >= 4 is 35.7 Å². The minimum atomic E-state index is -0.639. The van der Waals surface area contributed by atoms with Gasteiger partial charge >= 0.3 is 0 Å². The number of amides is 2. The summed E-state index contributed by atoms with van der Waals surface area (Å²) in [6, 6.07) is 0. The monoisotopic (exact) mass is 254 g/mol. The van der Waals surface area contributed by atoms with Crippen LogP contribution in [0.25, 0.3) is 0 Å². The van der Waals surface area contributed by atoms with Gasteiger partial charge in [-0.05, 0) is 6.42 Å². The molecule has 0 fully saturated rings. The number of primary amides is 1. The Morgan fingerprint density at radius 2 is 1.53 bits per heavy atom. The summed E-state index contributed by atoms with van der Waals surface area (Å²) in [5.74, 6) is 0. The van der Waals surface area contributed by atoms with Gasteiger partial charge in [0, 0.05) is 6.54 Å². The molecule has 2 amide bonds. The van der Waals surface area contributed by atoms with Crippen LogP contribution in [0.4, 0.5) is 9.59 Å². The van der Waals surface area contributed by atoms with Crippen molar-refractivity contribution in [1.29, 1.82) is 0 Å². The van der Waals surface area contributed by atoms with Crippen molar-refractivity contribution in [3.8, 4) is 0 Å². The molecule has 0 aliphatic carbocycles. The number of carbonyl (C=O) groups excluding carboxylic acids is 2. The summed E-state index contributed by atoms with van der Waals surface area (Å²) in [4.78, 5) is 19.2. The summed E-state index contributed by atoms with van der Waals surface area (Å²) >= 11 is 6.63. The van der Waals surface area contributed by atoms with Gasteiger partial charge in [-0.2, -0.15) is 0 Å². The first-order valence-electron chi connectivity index (χ1n) is 4.87. The van der Waals surface area contributed by atoms with Gasteiger partial charge in [-0.3, -0.25) is 9.59 Å². The first-order valence-corrected chi connectivity index (χ1v) is 5.76. The SMILES string of the molecule is CCC.CCCCNC(=O)S.NC(=O)S. The van der Waals surface area contributed by atoms with Crippen LogP contribution in [-0.4, -0.2) is 17.0 Å². The molecule has 0 atom stereocenters. The van der Waals surface area contributed by atoms with Gasteiger partial charge in [0.2, 0.25) is 0 Å². The van der Waals surface area contributed by atoms with E-state index in [9.17, 15) is 4.79 Å². The standard InChI is InChI=1S/C5H11NOS.C3H8.CH3NOS/c1-2-3-4-6-5(7)8;1-3-2;2-1(3)4/h2-4H2,1H3,(H2,6,7,8);3H2,1-2H3;(H3,2,3,4). The highest BCUT2D eigenvalue weighted by atomic mass is 32.1. The summed E-state index contributed by atoms with van der Waals surface area (Å²) in [6.07, 6.45) is 3.39. The normalized spacial score (nSPS) is 7.53.